The first-order valence-electron chi connectivity index (χ1n) is 7.37. The molecule has 1 aromatic heterocycles. The fourth-order valence-electron chi connectivity index (χ4n) is 2.24. The average Bonchev–Trinajstić information content (AvgIpc) is 2.89. The van der Waals surface area contributed by atoms with Gasteiger partial charge >= 0.3 is 0 Å². The third kappa shape index (κ3) is 6.47. The van der Waals surface area contributed by atoms with Crippen LogP contribution in [0.15, 0.2) is 12.4 Å². The summed E-state index contributed by atoms with van der Waals surface area (Å²) in [4.78, 5) is 0. The highest BCUT2D eigenvalue weighted by atomic mass is 32.2. The number of unbranched alkanes of at least 4 members (excludes halogenated alkanes) is 7. The Kier molecular flexibility index (Phi) is 7.76. The summed E-state index contributed by atoms with van der Waals surface area (Å²) in [5, 5.41) is 6.23. The molecule has 0 aliphatic rings. The topological polar surface area (TPSA) is 85.1 Å². The van der Waals surface area contributed by atoms with Crippen molar-refractivity contribution < 1.29 is 13.0 Å². The number of rotatable bonds is 11. The van der Waals surface area contributed by atoms with Gasteiger partial charge in [0.15, 0.2) is 5.37 Å². The summed E-state index contributed by atoms with van der Waals surface area (Å²) in [7, 11) is -4.13. The molecule has 20 heavy (non-hydrogen) atoms. The maximum atomic E-state index is 11.3. The van der Waals surface area contributed by atoms with Crippen molar-refractivity contribution in [3.8, 4) is 0 Å². The van der Waals surface area contributed by atoms with Gasteiger partial charge in [0, 0.05) is 6.20 Å². The van der Waals surface area contributed by atoms with Crippen LogP contribution in [0, 0.1) is 0 Å². The molecule has 7 heteroatoms. The van der Waals surface area contributed by atoms with Crippen LogP contribution in [0.2, 0.25) is 0 Å². The van der Waals surface area contributed by atoms with Crippen molar-refractivity contribution in [1.82, 2.24) is 15.0 Å². The molecular weight excluding hydrogens is 278 g/mol. The summed E-state index contributed by atoms with van der Waals surface area (Å²) >= 11 is 0. The molecule has 1 atom stereocenters. The second-order valence-corrected chi connectivity index (χ2v) is 6.69. The lowest BCUT2D eigenvalue weighted by Gasteiger charge is -2.13. The molecule has 1 N–H and O–H groups in total. The van der Waals surface area contributed by atoms with E-state index < -0.39 is 15.5 Å². The van der Waals surface area contributed by atoms with Crippen LogP contribution >= 0.6 is 0 Å². The van der Waals surface area contributed by atoms with Gasteiger partial charge in [-0.05, 0) is 6.42 Å². The Morgan fingerprint density at radius 2 is 1.70 bits per heavy atom. The molecular formula is C13H25N3O3S. The molecule has 0 aliphatic heterocycles. The van der Waals surface area contributed by atoms with Crippen LogP contribution in [0.4, 0.5) is 0 Å². The molecule has 0 saturated heterocycles. The van der Waals surface area contributed by atoms with E-state index in [9.17, 15) is 13.0 Å². The molecule has 0 amide bonds. The lowest BCUT2D eigenvalue weighted by molar-refractivity contribution is 0.408. The van der Waals surface area contributed by atoms with Crippen molar-refractivity contribution in [2.45, 2.75) is 70.1 Å². The summed E-state index contributed by atoms with van der Waals surface area (Å²) in [6.07, 6.45) is 12.4. The van der Waals surface area contributed by atoms with E-state index in [0.717, 1.165) is 19.3 Å². The zero-order chi connectivity index (χ0) is 14.8. The van der Waals surface area contributed by atoms with Crippen molar-refractivity contribution >= 4 is 10.1 Å². The zero-order valence-corrected chi connectivity index (χ0v) is 12.9. The quantitative estimate of drug-likeness (QED) is 0.501. The van der Waals surface area contributed by atoms with E-state index in [4.69, 9.17) is 0 Å². The van der Waals surface area contributed by atoms with Gasteiger partial charge in [0.25, 0.3) is 10.1 Å². The van der Waals surface area contributed by atoms with Gasteiger partial charge in [-0.15, -0.1) is 5.10 Å². The standard InChI is InChI=1S/C13H25N3O3S/c1-2-3-4-5-6-7-8-9-10-13(20(17,18)19)16-12-11-14-15-16/h11-13H,2-10H2,1H3,(H,17,18,19). The molecule has 0 aliphatic carbocycles. The molecule has 0 aromatic carbocycles. The summed E-state index contributed by atoms with van der Waals surface area (Å²) in [6, 6.07) is 0. The third-order valence-corrected chi connectivity index (χ3v) is 4.52. The summed E-state index contributed by atoms with van der Waals surface area (Å²) in [6.45, 7) is 2.19. The van der Waals surface area contributed by atoms with Crippen LogP contribution < -0.4 is 0 Å². The Bertz CT molecular complexity index is 445. The van der Waals surface area contributed by atoms with Crippen molar-refractivity contribution in [2.24, 2.45) is 0 Å². The van der Waals surface area contributed by atoms with Gasteiger partial charge in [0.05, 0.1) is 6.20 Å². The van der Waals surface area contributed by atoms with Crippen LogP contribution in [0.1, 0.15) is 70.1 Å². The fourth-order valence-corrected chi connectivity index (χ4v) is 3.09. The molecule has 0 spiro atoms. The Morgan fingerprint density at radius 3 is 2.20 bits per heavy atom. The van der Waals surface area contributed by atoms with E-state index in [2.05, 4.69) is 17.2 Å². The Hall–Kier alpha value is -0.950. The molecule has 1 heterocycles. The number of hydrogen-bond donors (Lipinski definition) is 1. The minimum absolute atomic E-state index is 0.372. The summed E-state index contributed by atoms with van der Waals surface area (Å²) in [5.41, 5.74) is 0. The summed E-state index contributed by atoms with van der Waals surface area (Å²) in [5.74, 6) is 0. The number of nitrogens with zero attached hydrogens (tertiary/aromatic N) is 3. The third-order valence-electron chi connectivity index (χ3n) is 3.38. The predicted molar refractivity (Wildman–Crippen MR) is 77.8 cm³/mol. The van der Waals surface area contributed by atoms with Crippen molar-refractivity contribution in [3.63, 3.8) is 0 Å². The van der Waals surface area contributed by atoms with Crippen LogP contribution in [0.5, 0.6) is 0 Å². The molecule has 0 saturated carbocycles. The van der Waals surface area contributed by atoms with Gasteiger partial charge in [-0.1, -0.05) is 63.5 Å². The lowest BCUT2D eigenvalue weighted by Crippen LogP contribution is -2.20. The molecule has 1 aromatic rings. The van der Waals surface area contributed by atoms with E-state index in [0.29, 0.717) is 6.42 Å². The van der Waals surface area contributed by atoms with Crippen LogP contribution in [0.25, 0.3) is 0 Å². The van der Waals surface area contributed by atoms with Gasteiger partial charge in [-0.2, -0.15) is 8.42 Å². The lowest BCUT2D eigenvalue weighted by atomic mass is 10.1. The smallest absolute Gasteiger partial charge is 0.284 e. The Balaban J connectivity index is 2.24. The van der Waals surface area contributed by atoms with E-state index in [1.807, 2.05) is 0 Å². The highest BCUT2D eigenvalue weighted by Crippen LogP contribution is 2.20. The van der Waals surface area contributed by atoms with E-state index in [1.165, 1.54) is 49.2 Å². The normalized spacial score (nSPS) is 13.5. The first-order chi connectivity index (χ1) is 9.55. The van der Waals surface area contributed by atoms with E-state index in [-0.39, 0.29) is 0 Å². The number of hydrogen-bond acceptors (Lipinski definition) is 4. The van der Waals surface area contributed by atoms with Crippen molar-refractivity contribution in [1.29, 1.82) is 0 Å². The first-order valence-corrected chi connectivity index (χ1v) is 8.88. The number of aromatic nitrogens is 3. The Morgan fingerprint density at radius 1 is 1.10 bits per heavy atom. The second-order valence-electron chi connectivity index (χ2n) is 5.12. The van der Waals surface area contributed by atoms with Gasteiger partial charge in [0.1, 0.15) is 0 Å². The first kappa shape index (κ1) is 17.1. The largest absolute Gasteiger partial charge is 0.288 e. The van der Waals surface area contributed by atoms with E-state index >= 15 is 0 Å². The van der Waals surface area contributed by atoms with Crippen LogP contribution in [0.3, 0.4) is 0 Å². The van der Waals surface area contributed by atoms with Gasteiger partial charge < -0.3 is 0 Å². The minimum atomic E-state index is -4.13. The maximum absolute atomic E-state index is 11.3. The average molecular weight is 303 g/mol. The van der Waals surface area contributed by atoms with Crippen LogP contribution in [-0.2, 0) is 10.1 Å². The predicted octanol–water partition coefficient (Wildman–Crippen LogP) is 3.20. The molecule has 1 unspecified atom stereocenters. The van der Waals surface area contributed by atoms with Gasteiger partial charge in [0.2, 0.25) is 0 Å². The summed E-state index contributed by atoms with van der Waals surface area (Å²) < 4.78 is 33.1. The molecule has 116 valence electrons. The maximum Gasteiger partial charge on any atom is 0.288 e. The molecule has 1 rings (SSSR count). The molecule has 0 radical (unpaired) electrons. The zero-order valence-electron chi connectivity index (χ0n) is 12.1. The highest BCUT2D eigenvalue weighted by molar-refractivity contribution is 7.85. The van der Waals surface area contributed by atoms with Crippen molar-refractivity contribution in [3.05, 3.63) is 12.4 Å². The molecule has 0 bridgehead atoms. The molecule has 0 fully saturated rings. The monoisotopic (exact) mass is 303 g/mol. The van der Waals surface area contributed by atoms with Crippen LogP contribution in [-0.4, -0.2) is 28.0 Å². The second kappa shape index (κ2) is 9.07. The fraction of sp³-hybridized carbons (Fsp3) is 0.846. The molecule has 6 nitrogen and oxygen atoms in total. The SMILES string of the molecule is CCCCCCCCCCC(n1ccnn1)S(=O)(=O)O. The Labute approximate surface area is 121 Å². The van der Waals surface area contributed by atoms with Gasteiger partial charge in [-0.3, -0.25) is 4.55 Å². The van der Waals surface area contributed by atoms with Gasteiger partial charge in [-0.25, -0.2) is 4.68 Å². The van der Waals surface area contributed by atoms with Crippen molar-refractivity contribution in [2.75, 3.05) is 0 Å². The minimum Gasteiger partial charge on any atom is -0.284 e. The van der Waals surface area contributed by atoms with E-state index in [1.54, 1.807) is 0 Å². The highest BCUT2D eigenvalue weighted by Gasteiger charge is 2.24.